The van der Waals surface area contributed by atoms with E-state index in [0.29, 0.717) is 6.04 Å². The highest BCUT2D eigenvalue weighted by atomic mass is 35.5. The highest BCUT2D eigenvalue weighted by molar-refractivity contribution is 7.99. The molecule has 108 valence electrons. The van der Waals surface area contributed by atoms with Gasteiger partial charge < -0.3 is 5.32 Å². The van der Waals surface area contributed by atoms with Crippen molar-refractivity contribution in [3.8, 4) is 0 Å². The molecule has 0 radical (unpaired) electrons. The Morgan fingerprint density at radius 1 is 1.30 bits per heavy atom. The van der Waals surface area contributed by atoms with Gasteiger partial charge in [-0.15, -0.1) is 11.8 Å². The van der Waals surface area contributed by atoms with Crippen LogP contribution >= 0.6 is 34.7 Å². The van der Waals surface area contributed by atoms with Gasteiger partial charge in [-0.2, -0.15) is 11.3 Å². The molecule has 0 bridgehead atoms. The van der Waals surface area contributed by atoms with E-state index in [4.69, 9.17) is 11.6 Å². The predicted molar refractivity (Wildman–Crippen MR) is 92.3 cm³/mol. The number of halogens is 1. The average Bonchev–Trinajstić information content (AvgIpc) is 2.97. The third-order valence-corrected chi connectivity index (χ3v) is 5.54. The molecule has 0 saturated heterocycles. The Balaban J connectivity index is 1.84. The summed E-state index contributed by atoms with van der Waals surface area (Å²) in [7, 11) is 0. The van der Waals surface area contributed by atoms with Crippen LogP contribution in [0.1, 0.15) is 18.9 Å². The predicted octanol–water partition coefficient (Wildman–Crippen LogP) is 5.10. The molecule has 1 aromatic carbocycles. The first-order chi connectivity index (χ1) is 9.79. The van der Waals surface area contributed by atoms with Crippen molar-refractivity contribution in [3.05, 3.63) is 51.7 Å². The van der Waals surface area contributed by atoms with Crippen LogP contribution in [0.15, 0.2) is 46.0 Å². The molecule has 0 fully saturated rings. The topological polar surface area (TPSA) is 12.0 Å². The van der Waals surface area contributed by atoms with E-state index >= 15 is 0 Å². The molecule has 0 spiro atoms. The van der Waals surface area contributed by atoms with Crippen molar-refractivity contribution in [1.29, 1.82) is 0 Å². The fraction of sp³-hybridized carbons (Fsp3) is 0.375. The summed E-state index contributed by atoms with van der Waals surface area (Å²) in [5, 5.41) is 8.82. The third kappa shape index (κ3) is 5.13. The van der Waals surface area contributed by atoms with Crippen LogP contribution in [0.4, 0.5) is 0 Å². The molecule has 0 saturated carbocycles. The van der Waals surface area contributed by atoms with Gasteiger partial charge in [-0.25, -0.2) is 0 Å². The molecule has 0 amide bonds. The molecule has 0 aliphatic carbocycles. The van der Waals surface area contributed by atoms with Gasteiger partial charge in [0.1, 0.15) is 0 Å². The lowest BCUT2D eigenvalue weighted by molar-refractivity contribution is 0.538. The minimum absolute atomic E-state index is 0.529. The largest absolute Gasteiger partial charge is 0.313 e. The van der Waals surface area contributed by atoms with Crippen molar-refractivity contribution in [2.45, 2.75) is 30.7 Å². The summed E-state index contributed by atoms with van der Waals surface area (Å²) >= 11 is 9.82. The Bertz CT molecular complexity index is 499. The summed E-state index contributed by atoms with van der Waals surface area (Å²) in [6.45, 7) is 3.18. The highest BCUT2D eigenvalue weighted by Gasteiger charge is 2.10. The molecule has 20 heavy (non-hydrogen) atoms. The first-order valence-electron chi connectivity index (χ1n) is 6.91. The second kappa shape index (κ2) is 8.73. The smallest absolute Gasteiger partial charge is 0.0541 e. The normalized spacial score (nSPS) is 12.5. The van der Waals surface area contributed by atoms with Gasteiger partial charge in [0, 0.05) is 16.7 Å². The zero-order valence-electron chi connectivity index (χ0n) is 11.6. The lowest BCUT2D eigenvalue weighted by Gasteiger charge is -2.17. The fourth-order valence-electron chi connectivity index (χ4n) is 2.06. The molecule has 2 aromatic rings. The number of aryl methyl sites for hydroxylation is 1. The standard InChI is InChI=1S/C16H20ClNS2/c1-2-18-14(8-7-13-9-10-19-11-13)12-20-16-6-4-3-5-15(16)17/h3-6,9-11,14,18H,2,7-8,12H2,1H3. The van der Waals surface area contributed by atoms with E-state index in [1.807, 2.05) is 30.0 Å². The van der Waals surface area contributed by atoms with E-state index in [-0.39, 0.29) is 0 Å². The molecule has 1 aromatic heterocycles. The van der Waals surface area contributed by atoms with Crippen molar-refractivity contribution in [3.63, 3.8) is 0 Å². The molecule has 0 aliphatic heterocycles. The molecule has 1 atom stereocenters. The van der Waals surface area contributed by atoms with Crippen molar-refractivity contribution < 1.29 is 0 Å². The van der Waals surface area contributed by atoms with Crippen molar-refractivity contribution >= 4 is 34.7 Å². The molecule has 4 heteroatoms. The molecular formula is C16H20ClNS2. The van der Waals surface area contributed by atoms with Crippen molar-refractivity contribution in [2.75, 3.05) is 12.3 Å². The van der Waals surface area contributed by atoms with Crippen molar-refractivity contribution in [2.24, 2.45) is 0 Å². The first kappa shape index (κ1) is 15.9. The van der Waals surface area contributed by atoms with E-state index in [1.54, 1.807) is 11.3 Å². The zero-order valence-corrected chi connectivity index (χ0v) is 14.0. The summed E-state index contributed by atoms with van der Waals surface area (Å²) in [5.74, 6) is 1.06. The van der Waals surface area contributed by atoms with E-state index in [9.17, 15) is 0 Å². The summed E-state index contributed by atoms with van der Waals surface area (Å²) in [6, 6.07) is 10.8. The van der Waals surface area contributed by atoms with Gasteiger partial charge in [0.05, 0.1) is 5.02 Å². The average molecular weight is 326 g/mol. The van der Waals surface area contributed by atoms with Gasteiger partial charge >= 0.3 is 0 Å². The van der Waals surface area contributed by atoms with Crippen LogP contribution in [-0.4, -0.2) is 18.3 Å². The molecular weight excluding hydrogens is 306 g/mol. The van der Waals surface area contributed by atoms with Gasteiger partial charge in [-0.3, -0.25) is 0 Å². The van der Waals surface area contributed by atoms with E-state index < -0.39 is 0 Å². The Morgan fingerprint density at radius 3 is 2.85 bits per heavy atom. The number of nitrogens with one attached hydrogen (secondary N) is 1. The Labute approximate surface area is 134 Å². The third-order valence-electron chi connectivity index (χ3n) is 3.13. The molecule has 1 unspecified atom stereocenters. The number of hydrogen-bond donors (Lipinski definition) is 1. The zero-order chi connectivity index (χ0) is 14.2. The summed E-state index contributed by atoms with van der Waals surface area (Å²) in [4.78, 5) is 1.17. The number of benzene rings is 1. The van der Waals surface area contributed by atoms with Gasteiger partial charge in [-0.05, 0) is 53.9 Å². The minimum atomic E-state index is 0.529. The minimum Gasteiger partial charge on any atom is -0.313 e. The highest BCUT2D eigenvalue weighted by Crippen LogP contribution is 2.27. The number of thiophene rings is 1. The Hall–Kier alpha value is -0.480. The van der Waals surface area contributed by atoms with Crippen LogP contribution in [0.3, 0.4) is 0 Å². The molecule has 1 heterocycles. The van der Waals surface area contributed by atoms with Crippen LogP contribution in [0, 0.1) is 0 Å². The van der Waals surface area contributed by atoms with Gasteiger partial charge in [0.2, 0.25) is 0 Å². The second-order valence-corrected chi connectivity index (χ2v) is 6.92. The molecule has 1 N–H and O–H groups in total. The van der Waals surface area contributed by atoms with E-state index in [1.165, 1.54) is 16.9 Å². The van der Waals surface area contributed by atoms with Gasteiger partial charge in [0.25, 0.3) is 0 Å². The number of thioether (sulfide) groups is 1. The second-order valence-electron chi connectivity index (χ2n) is 4.67. The summed E-state index contributed by atoms with van der Waals surface area (Å²) in [5.41, 5.74) is 1.45. The number of hydrogen-bond acceptors (Lipinski definition) is 3. The lowest BCUT2D eigenvalue weighted by Crippen LogP contribution is -2.31. The van der Waals surface area contributed by atoms with E-state index in [0.717, 1.165) is 23.7 Å². The SMILES string of the molecule is CCNC(CCc1ccsc1)CSc1ccccc1Cl. The van der Waals surface area contributed by atoms with Crippen molar-refractivity contribution in [1.82, 2.24) is 5.32 Å². The van der Waals surface area contributed by atoms with Crippen LogP contribution in [0.25, 0.3) is 0 Å². The molecule has 1 nitrogen and oxygen atoms in total. The first-order valence-corrected chi connectivity index (χ1v) is 9.22. The monoisotopic (exact) mass is 325 g/mol. The number of rotatable bonds is 8. The van der Waals surface area contributed by atoms with E-state index in [2.05, 4.69) is 35.1 Å². The molecule has 2 rings (SSSR count). The van der Waals surface area contributed by atoms with Crippen LogP contribution in [0.5, 0.6) is 0 Å². The maximum Gasteiger partial charge on any atom is 0.0541 e. The quantitative estimate of drug-likeness (QED) is 0.677. The molecule has 0 aliphatic rings. The Morgan fingerprint density at radius 2 is 2.15 bits per heavy atom. The maximum atomic E-state index is 6.20. The van der Waals surface area contributed by atoms with Crippen LogP contribution in [-0.2, 0) is 6.42 Å². The van der Waals surface area contributed by atoms with Crippen LogP contribution in [0.2, 0.25) is 5.02 Å². The maximum absolute atomic E-state index is 6.20. The van der Waals surface area contributed by atoms with Gasteiger partial charge in [-0.1, -0.05) is 30.7 Å². The lowest BCUT2D eigenvalue weighted by atomic mass is 10.1. The summed E-state index contributed by atoms with van der Waals surface area (Å²) in [6.07, 6.45) is 2.31. The summed E-state index contributed by atoms with van der Waals surface area (Å²) < 4.78 is 0. The van der Waals surface area contributed by atoms with Gasteiger partial charge in [0.15, 0.2) is 0 Å². The van der Waals surface area contributed by atoms with Crippen LogP contribution < -0.4 is 5.32 Å². The fourth-order valence-corrected chi connectivity index (χ4v) is 4.11. The Kier molecular flexibility index (Phi) is 6.94.